The molecule has 0 N–H and O–H groups in total. The summed E-state index contributed by atoms with van der Waals surface area (Å²) < 4.78 is 0. The normalized spacial score (nSPS) is 11.2. The van der Waals surface area contributed by atoms with Gasteiger partial charge in [0.2, 0.25) is 0 Å². The fraction of sp³-hybridized carbons (Fsp3) is 0.833. The summed E-state index contributed by atoms with van der Waals surface area (Å²) in [6.45, 7) is 21.2. The van der Waals surface area contributed by atoms with Gasteiger partial charge in [0.05, 0.1) is 17.1 Å². The molecule has 0 aliphatic rings. The fourth-order valence-electron chi connectivity index (χ4n) is 5.71. The summed E-state index contributed by atoms with van der Waals surface area (Å²) in [5, 5.41) is 0. The molecule has 0 radical (unpaired) electrons. The van der Waals surface area contributed by atoms with Gasteiger partial charge in [-0.1, -0.05) is 125 Å². The second-order valence-corrected chi connectivity index (χ2v) is 11.8. The van der Waals surface area contributed by atoms with Crippen LogP contribution in [0.5, 0.6) is 0 Å². The summed E-state index contributed by atoms with van der Waals surface area (Å²) in [6.07, 6.45) is 23.5. The van der Waals surface area contributed by atoms with Crippen molar-refractivity contribution in [1.29, 1.82) is 0 Å². The Bertz CT molecular complexity index is 601. The topological polar surface area (TPSA) is 9.72 Å². The second kappa shape index (κ2) is 24.4. The van der Waals surface area contributed by atoms with Crippen molar-refractivity contribution in [3.8, 4) is 0 Å². The SMILES string of the molecule is CCCCCN(CCCCC)c1cccc(N(CCCCC)CCCCC)c1N(CCCCC)CCCCC. The zero-order chi connectivity index (χ0) is 28.6. The summed E-state index contributed by atoms with van der Waals surface area (Å²) in [6, 6.07) is 7.32. The molecule has 0 amide bonds. The monoisotopic (exact) mass is 544 g/mol. The van der Waals surface area contributed by atoms with Crippen LogP contribution in [0.3, 0.4) is 0 Å². The smallest absolute Gasteiger partial charge is 0.0841 e. The quantitative estimate of drug-likeness (QED) is 0.102. The molecular formula is C36H69N3. The Kier molecular flexibility index (Phi) is 22.3. The molecule has 0 heterocycles. The van der Waals surface area contributed by atoms with Crippen LogP contribution in [-0.4, -0.2) is 39.3 Å². The maximum atomic E-state index is 2.83. The van der Waals surface area contributed by atoms with Crippen LogP contribution in [0.4, 0.5) is 17.1 Å². The van der Waals surface area contributed by atoms with Crippen molar-refractivity contribution in [2.45, 2.75) is 157 Å². The zero-order valence-corrected chi connectivity index (χ0v) is 27.5. The van der Waals surface area contributed by atoms with E-state index in [1.165, 1.54) is 166 Å². The highest BCUT2D eigenvalue weighted by molar-refractivity contribution is 5.85. The number of hydrogen-bond acceptors (Lipinski definition) is 3. The van der Waals surface area contributed by atoms with Crippen LogP contribution in [0.25, 0.3) is 0 Å². The number of nitrogens with zero attached hydrogens (tertiary/aromatic N) is 3. The van der Waals surface area contributed by atoms with Crippen LogP contribution in [0.2, 0.25) is 0 Å². The van der Waals surface area contributed by atoms with Gasteiger partial charge in [-0.3, -0.25) is 0 Å². The molecule has 0 aromatic heterocycles. The van der Waals surface area contributed by atoms with Crippen molar-refractivity contribution in [1.82, 2.24) is 0 Å². The molecule has 0 saturated carbocycles. The standard InChI is InChI=1S/C36H69N3/c1-7-13-19-28-37(29-20-14-8-2)34-26-25-27-35(38(30-21-15-9-3)31-22-16-10-4)36(34)39(32-23-17-11-5)33-24-18-12-6/h25-27H,7-24,28-33H2,1-6H3. The molecule has 1 rings (SSSR count). The Labute approximate surface area is 246 Å². The Morgan fingerprint density at radius 3 is 0.872 bits per heavy atom. The van der Waals surface area contributed by atoms with Gasteiger partial charge in [0, 0.05) is 39.3 Å². The summed E-state index contributed by atoms with van der Waals surface area (Å²) in [5.74, 6) is 0. The first kappa shape index (κ1) is 35.6. The van der Waals surface area contributed by atoms with Crippen molar-refractivity contribution >= 4 is 17.1 Å². The van der Waals surface area contributed by atoms with Crippen LogP contribution in [0.15, 0.2) is 18.2 Å². The van der Waals surface area contributed by atoms with Gasteiger partial charge in [-0.2, -0.15) is 0 Å². The number of benzene rings is 1. The molecule has 0 fully saturated rings. The van der Waals surface area contributed by atoms with Crippen LogP contribution in [-0.2, 0) is 0 Å². The van der Waals surface area contributed by atoms with E-state index in [9.17, 15) is 0 Å². The molecule has 3 heteroatoms. The van der Waals surface area contributed by atoms with Gasteiger partial charge in [-0.05, 0) is 50.7 Å². The summed E-state index contributed by atoms with van der Waals surface area (Å²) in [5.41, 5.74) is 4.60. The van der Waals surface area contributed by atoms with Gasteiger partial charge in [0.25, 0.3) is 0 Å². The van der Waals surface area contributed by atoms with Crippen molar-refractivity contribution in [2.75, 3.05) is 54.0 Å². The van der Waals surface area contributed by atoms with E-state index in [2.05, 4.69) is 74.4 Å². The summed E-state index contributed by atoms with van der Waals surface area (Å²) >= 11 is 0. The van der Waals surface area contributed by atoms with E-state index in [0.717, 1.165) is 0 Å². The molecule has 0 atom stereocenters. The molecular weight excluding hydrogens is 474 g/mol. The van der Waals surface area contributed by atoms with E-state index < -0.39 is 0 Å². The van der Waals surface area contributed by atoms with E-state index in [1.54, 1.807) is 5.69 Å². The van der Waals surface area contributed by atoms with Crippen molar-refractivity contribution in [3.63, 3.8) is 0 Å². The first-order valence-electron chi connectivity index (χ1n) is 17.6. The average Bonchev–Trinajstić information content (AvgIpc) is 2.95. The fourth-order valence-corrected chi connectivity index (χ4v) is 5.71. The third-order valence-corrected chi connectivity index (χ3v) is 8.18. The Morgan fingerprint density at radius 1 is 0.359 bits per heavy atom. The average molecular weight is 544 g/mol. The van der Waals surface area contributed by atoms with Gasteiger partial charge in [0.1, 0.15) is 0 Å². The zero-order valence-electron chi connectivity index (χ0n) is 27.5. The third kappa shape index (κ3) is 14.7. The highest BCUT2D eigenvalue weighted by atomic mass is 15.2. The highest BCUT2D eigenvalue weighted by Crippen LogP contribution is 2.40. The Morgan fingerprint density at radius 2 is 0.615 bits per heavy atom. The first-order valence-corrected chi connectivity index (χ1v) is 17.6. The number of unbranched alkanes of at least 4 members (excludes halogenated alkanes) is 12. The number of hydrogen-bond donors (Lipinski definition) is 0. The minimum absolute atomic E-state index is 1.19. The van der Waals surface area contributed by atoms with E-state index in [-0.39, 0.29) is 0 Å². The summed E-state index contributed by atoms with van der Waals surface area (Å²) in [7, 11) is 0. The molecule has 0 bridgehead atoms. The van der Waals surface area contributed by atoms with Gasteiger partial charge >= 0.3 is 0 Å². The number of para-hydroxylation sites is 1. The van der Waals surface area contributed by atoms with E-state index >= 15 is 0 Å². The Hall–Kier alpha value is -1.38. The van der Waals surface area contributed by atoms with Crippen molar-refractivity contribution < 1.29 is 0 Å². The van der Waals surface area contributed by atoms with Crippen molar-refractivity contribution in [2.24, 2.45) is 0 Å². The van der Waals surface area contributed by atoms with Gasteiger partial charge < -0.3 is 14.7 Å². The minimum Gasteiger partial charge on any atom is -0.370 e. The third-order valence-electron chi connectivity index (χ3n) is 8.18. The summed E-state index contributed by atoms with van der Waals surface area (Å²) in [4.78, 5) is 8.40. The maximum absolute atomic E-state index is 2.83. The molecule has 0 spiro atoms. The second-order valence-electron chi connectivity index (χ2n) is 11.8. The van der Waals surface area contributed by atoms with E-state index in [4.69, 9.17) is 0 Å². The van der Waals surface area contributed by atoms with Crippen LogP contribution in [0, 0.1) is 0 Å². The molecule has 1 aromatic rings. The molecule has 228 valence electrons. The molecule has 3 nitrogen and oxygen atoms in total. The molecule has 1 aromatic carbocycles. The Balaban J connectivity index is 3.60. The molecule has 39 heavy (non-hydrogen) atoms. The number of rotatable bonds is 27. The molecule has 0 saturated heterocycles. The lowest BCUT2D eigenvalue weighted by molar-refractivity contribution is 0.617. The minimum atomic E-state index is 1.19. The molecule has 0 aliphatic carbocycles. The largest absolute Gasteiger partial charge is 0.370 e. The lowest BCUT2D eigenvalue weighted by Crippen LogP contribution is -2.34. The van der Waals surface area contributed by atoms with Crippen LogP contribution in [0.1, 0.15) is 157 Å². The van der Waals surface area contributed by atoms with Crippen molar-refractivity contribution in [3.05, 3.63) is 18.2 Å². The van der Waals surface area contributed by atoms with Gasteiger partial charge in [-0.15, -0.1) is 0 Å². The molecule has 0 aliphatic heterocycles. The van der Waals surface area contributed by atoms with Crippen LogP contribution < -0.4 is 14.7 Å². The lowest BCUT2D eigenvalue weighted by atomic mass is 10.1. The number of anilines is 3. The lowest BCUT2D eigenvalue weighted by Gasteiger charge is -2.38. The van der Waals surface area contributed by atoms with E-state index in [1.807, 2.05) is 0 Å². The molecule has 0 unspecified atom stereocenters. The highest BCUT2D eigenvalue weighted by Gasteiger charge is 2.23. The van der Waals surface area contributed by atoms with Gasteiger partial charge in [0.15, 0.2) is 0 Å². The first-order chi connectivity index (χ1) is 19.2. The van der Waals surface area contributed by atoms with E-state index in [0.29, 0.717) is 0 Å². The maximum Gasteiger partial charge on any atom is 0.0841 e. The predicted molar refractivity (Wildman–Crippen MR) is 180 cm³/mol. The van der Waals surface area contributed by atoms with Crippen LogP contribution >= 0.6 is 0 Å². The van der Waals surface area contributed by atoms with Gasteiger partial charge in [-0.25, -0.2) is 0 Å². The predicted octanol–water partition coefficient (Wildman–Crippen LogP) is 11.2.